The first-order chi connectivity index (χ1) is 6.75. The number of hydrogen-bond donors (Lipinski definition) is 0. The van der Waals surface area contributed by atoms with Crippen molar-refractivity contribution >= 4 is 9.39 Å². The van der Waals surface area contributed by atoms with Gasteiger partial charge < -0.3 is 0 Å². The van der Waals surface area contributed by atoms with E-state index < -0.39 is 0 Å². The Morgan fingerprint density at radius 2 is 1.50 bits per heavy atom. The quantitative estimate of drug-likeness (QED) is 0.475. The first-order valence-electron chi connectivity index (χ1n) is 5.92. The van der Waals surface area contributed by atoms with Crippen molar-refractivity contribution in [2.45, 2.75) is 38.5 Å². The van der Waals surface area contributed by atoms with Crippen LogP contribution in [0.5, 0.6) is 0 Å². The average Bonchev–Trinajstić information content (AvgIpc) is 2.21. The first-order valence-corrected chi connectivity index (χ1v) is 6.43. The third kappa shape index (κ3) is 2.58. The van der Waals surface area contributed by atoms with Gasteiger partial charge in [-0.1, -0.05) is 21.5 Å². The molecule has 0 aromatic rings. The predicted molar refractivity (Wildman–Crippen MR) is 65.1 cm³/mol. The molecule has 1 unspecified atom stereocenters. The van der Waals surface area contributed by atoms with Crippen molar-refractivity contribution in [3.63, 3.8) is 0 Å². The van der Waals surface area contributed by atoms with Crippen LogP contribution in [-0.2, 0) is 0 Å². The third-order valence-corrected chi connectivity index (χ3v) is 4.49. The molecule has 1 aliphatic carbocycles. The van der Waals surface area contributed by atoms with Crippen molar-refractivity contribution in [3.8, 4) is 0 Å². The summed E-state index contributed by atoms with van der Waals surface area (Å²) >= 11 is 0. The molecule has 0 amide bonds. The Morgan fingerprint density at radius 3 is 2.07 bits per heavy atom. The Morgan fingerprint density at radius 1 is 1.00 bits per heavy atom. The van der Waals surface area contributed by atoms with E-state index in [1.807, 2.05) is 0 Å². The molecule has 1 saturated carbocycles. The summed E-state index contributed by atoms with van der Waals surface area (Å²) in [6.45, 7) is 6.66. The van der Waals surface area contributed by atoms with Gasteiger partial charge in [-0.25, -0.2) is 0 Å². The second-order valence-corrected chi connectivity index (χ2v) is 5.69. The van der Waals surface area contributed by atoms with E-state index in [0.29, 0.717) is 0 Å². The summed E-state index contributed by atoms with van der Waals surface area (Å²) in [7, 11) is 2.84. The van der Waals surface area contributed by atoms with E-state index in [2.05, 4.69) is 20.6 Å². The normalized spacial score (nSPS) is 28.2. The summed E-state index contributed by atoms with van der Waals surface area (Å²) < 4.78 is 2.39. The summed E-state index contributed by atoms with van der Waals surface area (Å²) in [5.74, 6) is 2.03. The number of nitrogens with zero attached hydrogens (tertiary/aromatic N) is 1. The molecule has 1 saturated heterocycles. The van der Waals surface area contributed by atoms with E-state index in [-0.39, 0.29) is 0 Å². The molecular weight excluding hydrogens is 189 g/mol. The standard InChI is InChI=1S/C12H22NP/c1-10-2-4-11(5-3-10)12-6-8-13(14)9-7-12/h11-12H,1-9,14H2. The summed E-state index contributed by atoms with van der Waals surface area (Å²) in [6, 6.07) is 0. The van der Waals surface area contributed by atoms with Gasteiger partial charge in [0.05, 0.1) is 0 Å². The summed E-state index contributed by atoms with van der Waals surface area (Å²) in [6.07, 6.45) is 8.26. The molecule has 2 heteroatoms. The molecule has 1 nitrogen and oxygen atoms in total. The van der Waals surface area contributed by atoms with Gasteiger partial charge in [0.25, 0.3) is 0 Å². The van der Waals surface area contributed by atoms with E-state index in [9.17, 15) is 0 Å². The summed E-state index contributed by atoms with van der Waals surface area (Å²) in [4.78, 5) is 0. The minimum atomic E-state index is 1.01. The van der Waals surface area contributed by atoms with E-state index in [1.54, 1.807) is 0 Å². The van der Waals surface area contributed by atoms with Crippen LogP contribution in [0.25, 0.3) is 0 Å². The molecule has 1 heterocycles. The van der Waals surface area contributed by atoms with Crippen LogP contribution in [-0.4, -0.2) is 17.8 Å². The molecule has 1 atom stereocenters. The van der Waals surface area contributed by atoms with Crippen molar-refractivity contribution in [1.29, 1.82) is 0 Å². The lowest BCUT2D eigenvalue weighted by molar-refractivity contribution is 0.188. The second kappa shape index (κ2) is 4.77. The van der Waals surface area contributed by atoms with Gasteiger partial charge in [-0.05, 0) is 50.4 Å². The molecule has 1 aliphatic heterocycles. The fourth-order valence-corrected chi connectivity index (χ4v) is 3.21. The van der Waals surface area contributed by atoms with Gasteiger partial charge in [0.15, 0.2) is 0 Å². The maximum atomic E-state index is 4.09. The van der Waals surface area contributed by atoms with E-state index in [4.69, 9.17) is 0 Å². The molecule has 2 fully saturated rings. The Bertz CT molecular complexity index is 196. The van der Waals surface area contributed by atoms with Crippen molar-refractivity contribution < 1.29 is 0 Å². The van der Waals surface area contributed by atoms with E-state index in [1.165, 1.54) is 57.2 Å². The SMILES string of the molecule is C=C1CCC(C2CCN(P)CC2)CC1. The predicted octanol–water partition coefficient (Wildman–Crippen LogP) is 3.23. The zero-order valence-corrected chi connectivity index (χ0v) is 10.2. The van der Waals surface area contributed by atoms with Crippen molar-refractivity contribution in [2.75, 3.05) is 13.1 Å². The van der Waals surface area contributed by atoms with Gasteiger partial charge in [-0.3, -0.25) is 4.67 Å². The van der Waals surface area contributed by atoms with Gasteiger partial charge in [-0.2, -0.15) is 0 Å². The monoisotopic (exact) mass is 211 g/mol. The Hall–Kier alpha value is 0.130. The van der Waals surface area contributed by atoms with Crippen LogP contribution in [0.15, 0.2) is 12.2 Å². The highest BCUT2D eigenvalue weighted by Gasteiger charge is 2.27. The fourth-order valence-electron chi connectivity index (χ4n) is 2.91. The Labute approximate surface area is 90.2 Å². The maximum Gasteiger partial charge on any atom is 0.00189 e. The molecule has 0 spiro atoms. The first kappa shape index (κ1) is 10.6. The number of piperidine rings is 1. The van der Waals surface area contributed by atoms with Crippen molar-refractivity contribution in [1.82, 2.24) is 4.67 Å². The van der Waals surface area contributed by atoms with Crippen LogP contribution >= 0.6 is 9.39 Å². The molecule has 2 rings (SSSR count). The lowest BCUT2D eigenvalue weighted by Crippen LogP contribution is -2.31. The Kier molecular flexibility index (Phi) is 3.62. The number of rotatable bonds is 1. The summed E-state index contributed by atoms with van der Waals surface area (Å²) in [5.41, 5.74) is 1.49. The van der Waals surface area contributed by atoms with Crippen LogP contribution in [0.3, 0.4) is 0 Å². The lowest BCUT2D eigenvalue weighted by atomic mass is 9.75. The van der Waals surface area contributed by atoms with Crippen LogP contribution in [0.2, 0.25) is 0 Å². The van der Waals surface area contributed by atoms with Gasteiger partial charge in [0, 0.05) is 13.1 Å². The minimum Gasteiger partial charge on any atom is -0.287 e. The molecule has 0 N–H and O–H groups in total. The molecular formula is C12H22NP. The highest BCUT2D eigenvalue weighted by Crippen LogP contribution is 2.37. The average molecular weight is 211 g/mol. The van der Waals surface area contributed by atoms with Gasteiger partial charge in [0.1, 0.15) is 0 Å². The molecule has 14 heavy (non-hydrogen) atoms. The Balaban J connectivity index is 1.81. The third-order valence-electron chi connectivity index (χ3n) is 3.98. The topological polar surface area (TPSA) is 3.24 Å². The summed E-state index contributed by atoms with van der Waals surface area (Å²) in [5, 5.41) is 0. The van der Waals surface area contributed by atoms with Crippen LogP contribution < -0.4 is 0 Å². The highest BCUT2D eigenvalue weighted by atomic mass is 31.0. The van der Waals surface area contributed by atoms with Crippen LogP contribution in [0, 0.1) is 11.8 Å². The van der Waals surface area contributed by atoms with Crippen molar-refractivity contribution in [2.24, 2.45) is 11.8 Å². The zero-order chi connectivity index (χ0) is 9.97. The largest absolute Gasteiger partial charge is 0.287 e. The molecule has 0 aromatic heterocycles. The van der Waals surface area contributed by atoms with Crippen molar-refractivity contribution in [3.05, 3.63) is 12.2 Å². The van der Waals surface area contributed by atoms with Gasteiger partial charge in [-0.15, -0.1) is 0 Å². The zero-order valence-electron chi connectivity index (χ0n) is 9.04. The van der Waals surface area contributed by atoms with Crippen LogP contribution in [0.4, 0.5) is 0 Å². The smallest absolute Gasteiger partial charge is 0.00189 e. The lowest BCUT2D eigenvalue weighted by Gasteiger charge is -2.36. The fraction of sp³-hybridized carbons (Fsp3) is 0.833. The minimum absolute atomic E-state index is 1.01. The maximum absolute atomic E-state index is 4.09. The van der Waals surface area contributed by atoms with Crippen LogP contribution in [0.1, 0.15) is 38.5 Å². The molecule has 0 bridgehead atoms. The second-order valence-electron chi connectivity index (χ2n) is 4.96. The van der Waals surface area contributed by atoms with Gasteiger partial charge >= 0.3 is 0 Å². The molecule has 0 aromatic carbocycles. The molecule has 80 valence electrons. The molecule has 2 aliphatic rings. The van der Waals surface area contributed by atoms with Gasteiger partial charge in [0.2, 0.25) is 0 Å². The number of hydrogen-bond acceptors (Lipinski definition) is 1. The molecule has 0 radical (unpaired) electrons. The van der Waals surface area contributed by atoms with E-state index >= 15 is 0 Å². The number of allylic oxidation sites excluding steroid dienone is 1. The van der Waals surface area contributed by atoms with E-state index in [0.717, 1.165) is 11.8 Å². The highest BCUT2D eigenvalue weighted by molar-refractivity contribution is 7.13.